The fourth-order valence-electron chi connectivity index (χ4n) is 7.01. The normalized spacial score (nSPS) is 11.6. The zero-order chi connectivity index (χ0) is 33.0. The second kappa shape index (κ2) is 11.4. The number of aromatic nitrogens is 3. The van der Waals surface area contributed by atoms with Gasteiger partial charge in [0.05, 0.1) is 5.56 Å². The highest BCUT2D eigenvalue weighted by molar-refractivity contribution is 6.21. The molecule has 0 amide bonds. The molecule has 3 aromatic heterocycles. The Bertz CT molecular complexity index is 2850. The second-order valence-corrected chi connectivity index (χ2v) is 12.4. The van der Waals surface area contributed by atoms with Crippen LogP contribution in [-0.4, -0.2) is 15.0 Å². The number of nitrogens with zero attached hydrogens (tertiary/aromatic N) is 3. The number of fused-ring (bicyclic) bond motifs is 6. The molecule has 5 nitrogen and oxygen atoms in total. The minimum Gasteiger partial charge on any atom is -0.456 e. The lowest BCUT2D eigenvalue weighted by Gasteiger charge is -2.11. The summed E-state index contributed by atoms with van der Waals surface area (Å²) in [6.07, 6.45) is 0. The van der Waals surface area contributed by atoms with Crippen molar-refractivity contribution in [2.75, 3.05) is 0 Å². The van der Waals surface area contributed by atoms with Gasteiger partial charge in [-0.25, -0.2) is 15.0 Å². The molecule has 5 heteroatoms. The number of hydrogen-bond acceptors (Lipinski definition) is 5. The van der Waals surface area contributed by atoms with Crippen LogP contribution < -0.4 is 0 Å². The summed E-state index contributed by atoms with van der Waals surface area (Å²) in [5.41, 5.74) is 10.3. The van der Waals surface area contributed by atoms with Crippen molar-refractivity contribution in [3.05, 3.63) is 164 Å². The van der Waals surface area contributed by atoms with Crippen LogP contribution >= 0.6 is 0 Å². The van der Waals surface area contributed by atoms with Gasteiger partial charge in [0.25, 0.3) is 0 Å². The van der Waals surface area contributed by atoms with Gasteiger partial charge in [-0.05, 0) is 46.5 Å². The predicted octanol–water partition coefficient (Wildman–Crippen LogP) is 12.0. The van der Waals surface area contributed by atoms with Gasteiger partial charge in [0.15, 0.2) is 17.5 Å². The summed E-state index contributed by atoms with van der Waals surface area (Å²) in [5.74, 6) is 1.74. The monoisotopic (exact) mass is 641 g/mol. The first-order chi connectivity index (χ1) is 24.8. The van der Waals surface area contributed by atoms with Crippen molar-refractivity contribution in [3.8, 4) is 56.4 Å². The summed E-state index contributed by atoms with van der Waals surface area (Å²) in [7, 11) is 0. The third kappa shape index (κ3) is 4.60. The first-order valence-electron chi connectivity index (χ1n) is 16.6. The highest BCUT2D eigenvalue weighted by Crippen LogP contribution is 2.45. The first kappa shape index (κ1) is 28.2. The third-order valence-corrected chi connectivity index (χ3v) is 9.38. The molecule has 0 saturated carbocycles. The molecule has 3 heterocycles. The van der Waals surface area contributed by atoms with Crippen molar-refractivity contribution in [2.45, 2.75) is 0 Å². The number of para-hydroxylation sites is 2. The van der Waals surface area contributed by atoms with E-state index in [1.807, 2.05) is 66.7 Å². The van der Waals surface area contributed by atoms with E-state index in [1.165, 1.54) is 0 Å². The van der Waals surface area contributed by atoms with E-state index in [4.69, 9.17) is 23.8 Å². The molecule has 0 saturated heterocycles. The zero-order valence-corrected chi connectivity index (χ0v) is 26.7. The van der Waals surface area contributed by atoms with Crippen LogP contribution in [-0.2, 0) is 0 Å². The standard InChI is InChI=1S/C45H27N3O2/c1-3-12-28(13-4-1)29-22-24-31(25-23-29)44-46-43(30-14-5-2-6-15-30)47-45(48-44)36-27-26-33(41-35-17-8-10-20-38(35)50-42(36)41)32-18-11-21-39-40(32)34-16-7-9-19-37(34)49-39/h1-27H. The van der Waals surface area contributed by atoms with Gasteiger partial charge < -0.3 is 8.83 Å². The number of hydrogen-bond donors (Lipinski definition) is 0. The fourth-order valence-corrected chi connectivity index (χ4v) is 7.01. The summed E-state index contributed by atoms with van der Waals surface area (Å²) < 4.78 is 13.0. The Labute approximate surface area is 287 Å². The van der Waals surface area contributed by atoms with Gasteiger partial charge in [-0.1, -0.05) is 140 Å². The molecule has 234 valence electrons. The highest BCUT2D eigenvalue weighted by atomic mass is 16.3. The molecule has 0 unspecified atom stereocenters. The fraction of sp³-hybridized carbons (Fsp3) is 0. The van der Waals surface area contributed by atoms with Crippen LogP contribution in [0.4, 0.5) is 0 Å². The quantitative estimate of drug-likeness (QED) is 0.187. The van der Waals surface area contributed by atoms with Gasteiger partial charge >= 0.3 is 0 Å². The second-order valence-electron chi connectivity index (χ2n) is 12.4. The molecule has 0 atom stereocenters. The lowest BCUT2D eigenvalue weighted by Crippen LogP contribution is -2.00. The maximum absolute atomic E-state index is 6.71. The molecule has 0 spiro atoms. The van der Waals surface area contributed by atoms with Crippen LogP contribution in [0.1, 0.15) is 0 Å². The maximum atomic E-state index is 6.71. The lowest BCUT2D eigenvalue weighted by atomic mass is 9.94. The third-order valence-electron chi connectivity index (χ3n) is 9.38. The van der Waals surface area contributed by atoms with E-state index < -0.39 is 0 Å². The molecule has 0 aliphatic carbocycles. The Hall–Kier alpha value is -6.85. The molecule has 0 bridgehead atoms. The summed E-state index contributed by atoms with van der Waals surface area (Å²) in [6.45, 7) is 0. The van der Waals surface area contributed by atoms with Crippen molar-refractivity contribution < 1.29 is 8.83 Å². The van der Waals surface area contributed by atoms with Crippen LogP contribution in [0.3, 0.4) is 0 Å². The van der Waals surface area contributed by atoms with E-state index >= 15 is 0 Å². The molecule has 0 fully saturated rings. The average molecular weight is 642 g/mol. The Morgan fingerprint density at radius 3 is 1.50 bits per heavy atom. The van der Waals surface area contributed by atoms with Crippen molar-refractivity contribution >= 4 is 43.9 Å². The lowest BCUT2D eigenvalue weighted by molar-refractivity contribution is 0.668. The van der Waals surface area contributed by atoms with Gasteiger partial charge in [0.2, 0.25) is 0 Å². The van der Waals surface area contributed by atoms with Crippen LogP contribution in [0, 0.1) is 0 Å². The van der Waals surface area contributed by atoms with Crippen molar-refractivity contribution in [1.29, 1.82) is 0 Å². The molecule has 7 aromatic carbocycles. The Morgan fingerprint density at radius 2 is 0.780 bits per heavy atom. The zero-order valence-electron chi connectivity index (χ0n) is 26.7. The summed E-state index contributed by atoms with van der Waals surface area (Å²) >= 11 is 0. The SMILES string of the molecule is c1ccc(-c2ccc(-c3nc(-c4ccccc4)nc(-c4ccc(-c5cccc6oc7ccccc7c56)c5c4oc4ccccc45)n3)cc2)cc1. The summed E-state index contributed by atoms with van der Waals surface area (Å²) in [4.78, 5) is 15.2. The Kier molecular flexibility index (Phi) is 6.42. The van der Waals surface area contributed by atoms with Gasteiger partial charge in [0.1, 0.15) is 22.3 Å². The average Bonchev–Trinajstić information content (AvgIpc) is 3.77. The Balaban J connectivity index is 1.21. The van der Waals surface area contributed by atoms with Crippen LogP contribution in [0.2, 0.25) is 0 Å². The van der Waals surface area contributed by atoms with E-state index in [0.717, 1.165) is 82.8 Å². The summed E-state index contributed by atoms with van der Waals surface area (Å²) in [5, 5.41) is 4.19. The molecule has 0 aliphatic heterocycles. The topological polar surface area (TPSA) is 65.0 Å². The molecule has 0 aliphatic rings. The van der Waals surface area contributed by atoms with Crippen molar-refractivity contribution in [1.82, 2.24) is 15.0 Å². The maximum Gasteiger partial charge on any atom is 0.167 e. The van der Waals surface area contributed by atoms with E-state index in [9.17, 15) is 0 Å². The molecule has 50 heavy (non-hydrogen) atoms. The van der Waals surface area contributed by atoms with Crippen molar-refractivity contribution in [2.24, 2.45) is 0 Å². The van der Waals surface area contributed by atoms with Gasteiger partial charge in [-0.3, -0.25) is 0 Å². The molecule has 0 N–H and O–H groups in total. The first-order valence-corrected chi connectivity index (χ1v) is 16.6. The molecular formula is C45H27N3O2. The van der Waals surface area contributed by atoms with Crippen LogP contribution in [0.5, 0.6) is 0 Å². The van der Waals surface area contributed by atoms with Crippen LogP contribution in [0.15, 0.2) is 173 Å². The highest BCUT2D eigenvalue weighted by Gasteiger charge is 2.22. The number of rotatable bonds is 5. The minimum absolute atomic E-state index is 0.545. The molecule has 0 radical (unpaired) electrons. The van der Waals surface area contributed by atoms with E-state index in [0.29, 0.717) is 17.5 Å². The largest absolute Gasteiger partial charge is 0.456 e. The number of benzene rings is 7. The van der Waals surface area contributed by atoms with Gasteiger partial charge in [-0.2, -0.15) is 0 Å². The van der Waals surface area contributed by atoms with Crippen LogP contribution in [0.25, 0.3) is 100 Å². The number of furan rings is 2. The molecule has 10 rings (SSSR count). The summed E-state index contributed by atoms with van der Waals surface area (Å²) in [6, 6.07) is 55.6. The minimum atomic E-state index is 0.545. The van der Waals surface area contributed by atoms with E-state index in [-0.39, 0.29) is 0 Å². The van der Waals surface area contributed by atoms with Crippen molar-refractivity contribution in [3.63, 3.8) is 0 Å². The van der Waals surface area contributed by atoms with E-state index in [2.05, 4.69) is 97.1 Å². The smallest absolute Gasteiger partial charge is 0.167 e. The van der Waals surface area contributed by atoms with Gasteiger partial charge in [0, 0.05) is 32.7 Å². The molecule has 10 aromatic rings. The van der Waals surface area contributed by atoms with E-state index in [1.54, 1.807) is 0 Å². The Morgan fingerprint density at radius 1 is 0.300 bits per heavy atom. The predicted molar refractivity (Wildman–Crippen MR) is 202 cm³/mol. The van der Waals surface area contributed by atoms with Gasteiger partial charge in [-0.15, -0.1) is 0 Å². The molecular weight excluding hydrogens is 615 g/mol.